The number of rotatable bonds is 5. The first-order chi connectivity index (χ1) is 8.33. The van der Waals surface area contributed by atoms with Crippen LogP contribution in [0.5, 0.6) is 0 Å². The Bertz CT molecular complexity index is 519. The van der Waals surface area contributed by atoms with E-state index in [2.05, 4.69) is 24.0 Å². The molecule has 0 atom stereocenters. The molecule has 2 heteroatoms. The smallest absolute Gasteiger partial charge is 0.150 e. The van der Waals surface area contributed by atoms with Crippen molar-refractivity contribution in [3.05, 3.63) is 41.6 Å². The summed E-state index contributed by atoms with van der Waals surface area (Å²) in [7, 11) is 0. The summed E-state index contributed by atoms with van der Waals surface area (Å²) in [5, 5.41) is 1.04. The van der Waals surface area contributed by atoms with Gasteiger partial charge in [0.2, 0.25) is 0 Å². The average molecular weight is 227 g/mol. The van der Waals surface area contributed by atoms with Crippen LogP contribution in [0.3, 0.4) is 0 Å². The molecular weight excluding hydrogens is 210 g/mol. The maximum Gasteiger partial charge on any atom is 0.150 e. The molecule has 0 aliphatic heterocycles. The van der Waals surface area contributed by atoms with Crippen LogP contribution in [0.1, 0.15) is 42.2 Å². The first-order valence-corrected chi connectivity index (χ1v) is 6.18. The minimum Gasteiger partial charge on any atom is -0.298 e. The molecule has 0 N–H and O–H groups in total. The highest BCUT2D eigenvalue weighted by molar-refractivity contribution is 5.86. The average Bonchev–Trinajstić information content (AvgIpc) is 2.38. The van der Waals surface area contributed by atoms with Crippen molar-refractivity contribution >= 4 is 17.2 Å². The number of benzene rings is 1. The predicted octanol–water partition coefficient (Wildman–Crippen LogP) is 3.78. The van der Waals surface area contributed by atoms with Crippen LogP contribution < -0.4 is 0 Å². The lowest BCUT2D eigenvalue weighted by Gasteiger charge is -2.03. The zero-order valence-corrected chi connectivity index (χ0v) is 10.1. The molecule has 17 heavy (non-hydrogen) atoms. The molecule has 0 bridgehead atoms. The van der Waals surface area contributed by atoms with Crippen LogP contribution in [0.4, 0.5) is 0 Å². The standard InChI is InChI=1S/C15H17NO/c1-2-3-4-5-14-8-7-13-10-12(11-17)6-9-15(13)16-14/h6-11H,2-5H2,1H3. The van der Waals surface area contributed by atoms with Gasteiger partial charge in [0.25, 0.3) is 0 Å². The van der Waals surface area contributed by atoms with Gasteiger partial charge in [-0.15, -0.1) is 0 Å². The summed E-state index contributed by atoms with van der Waals surface area (Å²) in [5.41, 5.74) is 2.83. The van der Waals surface area contributed by atoms with E-state index in [0.717, 1.165) is 29.3 Å². The van der Waals surface area contributed by atoms with Crippen molar-refractivity contribution in [1.82, 2.24) is 4.98 Å². The Labute approximate surface area is 102 Å². The van der Waals surface area contributed by atoms with Crippen LogP contribution in [0.25, 0.3) is 10.9 Å². The van der Waals surface area contributed by atoms with Crippen LogP contribution >= 0.6 is 0 Å². The van der Waals surface area contributed by atoms with Crippen LogP contribution in [-0.2, 0) is 6.42 Å². The van der Waals surface area contributed by atoms with E-state index in [1.807, 2.05) is 18.2 Å². The summed E-state index contributed by atoms with van der Waals surface area (Å²) in [5.74, 6) is 0. The fourth-order valence-corrected chi connectivity index (χ4v) is 1.95. The van der Waals surface area contributed by atoms with Crippen LogP contribution in [-0.4, -0.2) is 11.3 Å². The Balaban J connectivity index is 2.22. The zero-order valence-electron chi connectivity index (χ0n) is 10.1. The van der Waals surface area contributed by atoms with Gasteiger partial charge in [-0.3, -0.25) is 9.78 Å². The van der Waals surface area contributed by atoms with Crippen molar-refractivity contribution in [1.29, 1.82) is 0 Å². The third-order valence-electron chi connectivity index (χ3n) is 2.94. The second kappa shape index (κ2) is 5.58. The Morgan fingerprint density at radius 1 is 1.18 bits per heavy atom. The summed E-state index contributed by atoms with van der Waals surface area (Å²) >= 11 is 0. The minimum atomic E-state index is 0.707. The molecule has 1 aromatic heterocycles. The molecule has 88 valence electrons. The molecule has 2 aromatic rings. The van der Waals surface area contributed by atoms with Crippen LogP contribution in [0.2, 0.25) is 0 Å². The predicted molar refractivity (Wildman–Crippen MR) is 70.4 cm³/mol. The van der Waals surface area contributed by atoms with E-state index in [9.17, 15) is 4.79 Å². The van der Waals surface area contributed by atoms with Crippen molar-refractivity contribution in [2.75, 3.05) is 0 Å². The summed E-state index contributed by atoms with van der Waals surface area (Å²) < 4.78 is 0. The van der Waals surface area contributed by atoms with Gasteiger partial charge >= 0.3 is 0 Å². The maximum absolute atomic E-state index is 10.7. The molecular formula is C15H17NO. The lowest BCUT2D eigenvalue weighted by molar-refractivity contribution is 0.112. The lowest BCUT2D eigenvalue weighted by atomic mass is 10.1. The maximum atomic E-state index is 10.7. The fraction of sp³-hybridized carbons (Fsp3) is 0.333. The van der Waals surface area contributed by atoms with Crippen molar-refractivity contribution in [2.45, 2.75) is 32.6 Å². The van der Waals surface area contributed by atoms with Gasteiger partial charge in [-0.1, -0.05) is 25.8 Å². The first kappa shape index (κ1) is 11.8. The van der Waals surface area contributed by atoms with E-state index in [-0.39, 0.29) is 0 Å². The molecule has 2 nitrogen and oxygen atoms in total. The molecule has 0 unspecified atom stereocenters. The molecule has 0 spiro atoms. The van der Waals surface area contributed by atoms with Crippen molar-refractivity contribution in [3.8, 4) is 0 Å². The highest BCUT2D eigenvalue weighted by Gasteiger charge is 1.99. The Morgan fingerprint density at radius 2 is 2.06 bits per heavy atom. The molecule has 0 aliphatic carbocycles. The van der Waals surface area contributed by atoms with Crippen molar-refractivity contribution in [3.63, 3.8) is 0 Å². The molecule has 0 aliphatic rings. The zero-order chi connectivity index (χ0) is 12.1. The SMILES string of the molecule is CCCCCc1ccc2cc(C=O)ccc2n1. The Morgan fingerprint density at radius 3 is 2.82 bits per heavy atom. The number of carbonyl (C=O) groups excluding carboxylic acids is 1. The summed E-state index contributed by atoms with van der Waals surface area (Å²) in [4.78, 5) is 15.3. The quantitative estimate of drug-likeness (QED) is 0.574. The topological polar surface area (TPSA) is 30.0 Å². The van der Waals surface area contributed by atoms with Gasteiger partial charge in [-0.2, -0.15) is 0 Å². The number of unbranched alkanes of at least 4 members (excludes halogenated alkanes) is 2. The van der Waals surface area contributed by atoms with Crippen molar-refractivity contribution < 1.29 is 4.79 Å². The molecule has 1 heterocycles. The van der Waals surface area contributed by atoms with E-state index in [4.69, 9.17) is 0 Å². The van der Waals surface area contributed by atoms with Crippen LogP contribution in [0, 0.1) is 0 Å². The summed E-state index contributed by atoms with van der Waals surface area (Å²) in [6, 6.07) is 9.73. The fourth-order valence-electron chi connectivity index (χ4n) is 1.95. The number of aromatic nitrogens is 1. The van der Waals surface area contributed by atoms with Gasteiger partial charge in [-0.25, -0.2) is 0 Å². The van der Waals surface area contributed by atoms with Gasteiger partial charge in [0.05, 0.1) is 5.52 Å². The van der Waals surface area contributed by atoms with E-state index in [1.54, 1.807) is 0 Å². The second-order valence-corrected chi connectivity index (χ2v) is 4.33. The number of nitrogens with zero attached hydrogens (tertiary/aromatic N) is 1. The Kier molecular flexibility index (Phi) is 3.86. The number of aldehydes is 1. The third kappa shape index (κ3) is 2.90. The monoisotopic (exact) mass is 227 g/mol. The van der Waals surface area contributed by atoms with Gasteiger partial charge < -0.3 is 0 Å². The van der Waals surface area contributed by atoms with E-state index >= 15 is 0 Å². The van der Waals surface area contributed by atoms with Gasteiger partial charge in [0, 0.05) is 16.6 Å². The molecule has 0 radical (unpaired) electrons. The van der Waals surface area contributed by atoms with E-state index in [1.165, 1.54) is 19.3 Å². The number of carbonyl (C=O) groups is 1. The normalized spacial score (nSPS) is 10.6. The number of aryl methyl sites for hydroxylation is 1. The molecule has 1 aromatic carbocycles. The van der Waals surface area contributed by atoms with Crippen LogP contribution in [0.15, 0.2) is 30.3 Å². The summed E-state index contributed by atoms with van der Waals surface area (Å²) in [6.45, 7) is 2.20. The van der Waals surface area contributed by atoms with Gasteiger partial charge in [0.1, 0.15) is 6.29 Å². The molecule has 0 saturated carbocycles. The highest BCUT2D eigenvalue weighted by Crippen LogP contribution is 2.15. The third-order valence-corrected chi connectivity index (χ3v) is 2.94. The number of pyridine rings is 1. The largest absolute Gasteiger partial charge is 0.298 e. The number of hydrogen-bond donors (Lipinski definition) is 0. The second-order valence-electron chi connectivity index (χ2n) is 4.33. The highest BCUT2D eigenvalue weighted by atomic mass is 16.1. The number of hydrogen-bond acceptors (Lipinski definition) is 2. The molecule has 2 rings (SSSR count). The number of fused-ring (bicyclic) bond motifs is 1. The molecule has 0 saturated heterocycles. The van der Waals surface area contributed by atoms with Gasteiger partial charge in [-0.05, 0) is 37.1 Å². The Hall–Kier alpha value is -1.70. The first-order valence-electron chi connectivity index (χ1n) is 6.18. The van der Waals surface area contributed by atoms with Gasteiger partial charge in [0.15, 0.2) is 0 Å². The lowest BCUT2D eigenvalue weighted by Crippen LogP contribution is -1.91. The van der Waals surface area contributed by atoms with Crippen molar-refractivity contribution in [2.24, 2.45) is 0 Å². The van der Waals surface area contributed by atoms with E-state index < -0.39 is 0 Å². The van der Waals surface area contributed by atoms with E-state index in [0.29, 0.717) is 5.56 Å². The molecule has 0 amide bonds. The summed E-state index contributed by atoms with van der Waals surface area (Å²) in [6.07, 6.45) is 5.59. The minimum absolute atomic E-state index is 0.707. The molecule has 0 fully saturated rings.